The number of alkyl halides is 2. The van der Waals surface area contributed by atoms with Gasteiger partial charge in [-0.1, -0.05) is 0 Å². The highest BCUT2D eigenvalue weighted by atomic mass is 19.3. The van der Waals surface area contributed by atoms with Crippen LogP contribution in [0.1, 0.15) is 38.5 Å². The fourth-order valence-electron chi connectivity index (χ4n) is 2.74. The van der Waals surface area contributed by atoms with Crippen molar-refractivity contribution in [2.24, 2.45) is 5.92 Å². The third-order valence-electron chi connectivity index (χ3n) is 3.76. The van der Waals surface area contributed by atoms with Crippen molar-refractivity contribution in [3.05, 3.63) is 0 Å². The minimum absolute atomic E-state index is 0.361. The molecule has 1 N–H and O–H groups in total. The van der Waals surface area contributed by atoms with Crippen molar-refractivity contribution in [3.8, 4) is 0 Å². The number of hydrogen-bond donors (Lipinski definition) is 1. The molecule has 0 unspecified atom stereocenters. The van der Waals surface area contributed by atoms with Crippen LogP contribution < -0.4 is 5.32 Å². The molecule has 2 aliphatic rings. The van der Waals surface area contributed by atoms with E-state index in [2.05, 4.69) is 5.32 Å². The minimum Gasteiger partial charge on any atom is -0.380 e. The largest absolute Gasteiger partial charge is 0.380 e. The summed E-state index contributed by atoms with van der Waals surface area (Å²) in [5.41, 5.74) is 0. The van der Waals surface area contributed by atoms with Gasteiger partial charge in [0, 0.05) is 24.6 Å². The zero-order valence-corrected chi connectivity index (χ0v) is 9.63. The number of hydrogen-bond acceptors (Lipinski definition) is 2. The highest BCUT2D eigenvalue weighted by Crippen LogP contribution is 2.29. The van der Waals surface area contributed by atoms with Gasteiger partial charge in [0.2, 0.25) is 6.43 Å². The molecule has 94 valence electrons. The molecule has 1 saturated carbocycles. The summed E-state index contributed by atoms with van der Waals surface area (Å²) in [5.74, 6) is -0.361. The zero-order chi connectivity index (χ0) is 11.4. The lowest BCUT2D eigenvalue weighted by Gasteiger charge is -2.33. The molecule has 1 saturated heterocycles. The van der Waals surface area contributed by atoms with E-state index in [9.17, 15) is 8.78 Å². The summed E-state index contributed by atoms with van der Waals surface area (Å²) >= 11 is 0. The van der Waals surface area contributed by atoms with Gasteiger partial charge in [0.1, 0.15) is 0 Å². The van der Waals surface area contributed by atoms with Gasteiger partial charge in [0.25, 0.3) is 0 Å². The Morgan fingerprint density at radius 2 is 1.75 bits per heavy atom. The lowest BCUT2D eigenvalue weighted by molar-refractivity contribution is 0.0398. The number of rotatable bonds is 3. The van der Waals surface area contributed by atoms with Crippen molar-refractivity contribution >= 4 is 0 Å². The molecule has 2 rings (SSSR count). The van der Waals surface area contributed by atoms with Crippen LogP contribution in [0.5, 0.6) is 0 Å². The van der Waals surface area contributed by atoms with E-state index >= 15 is 0 Å². The maximum Gasteiger partial charge on any atom is 0.241 e. The second-order valence-corrected chi connectivity index (χ2v) is 5.03. The van der Waals surface area contributed by atoms with Crippen LogP contribution >= 0.6 is 0 Å². The Bertz CT molecular complexity index is 199. The lowest BCUT2D eigenvalue weighted by atomic mass is 9.86. The quantitative estimate of drug-likeness (QED) is 0.809. The first-order valence-corrected chi connectivity index (χ1v) is 6.37. The van der Waals surface area contributed by atoms with Crippen LogP contribution in [-0.2, 0) is 4.74 Å². The molecule has 1 aliphatic carbocycles. The summed E-state index contributed by atoms with van der Waals surface area (Å²) < 4.78 is 30.3. The maximum atomic E-state index is 12.5. The maximum absolute atomic E-state index is 12.5. The van der Waals surface area contributed by atoms with E-state index in [-0.39, 0.29) is 5.92 Å². The molecule has 16 heavy (non-hydrogen) atoms. The Morgan fingerprint density at radius 3 is 2.31 bits per heavy atom. The Balaban J connectivity index is 1.68. The average molecular weight is 233 g/mol. The Labute approximate surface area is 95.7 Å². The van der Waals surface area contributed by atoms with Crippen LogP contribution in [0, 0.1) is 5.92 Å². The van der Waals surface area contributed by atoms with Crippen molar-refractivity contribution in [2.45, 2.75) is 57.0 Å². The van der Waals surface area contributed by atoms with Crippen LogP contribution in [0.15, 0.2) is 0 Å². The fourth-order valence-corrected chi connectivity index (χ4v) is 2.74. The van der Waals surface area contributed by atoms with Crippen molar-refractivity contribution in [2.75, 3.05) is 13.2 Å². The lowest BCUT2D eigenvalue weighted by Crippen LogP contribution is -2.45. The van der Waals surface area contributed by atoms with E-state index in [0.29, 0.717) is 24.9 Å². The Kier molecular flexibility index (Phi) is 4.53. The summed E-state index contributed by atoms with van der Waals surface area (Å²) in [7, 11) is 0. The molecule has 0 aromatic carbocycles. The first-order chi connectivity index (χ1) is 7.75. The molecule has 2 nitrogen and oxygen atoms in total. The highest BCUT2D eigenvalue weighted by molar-refractivity contribution is 4.82. The SMILES string of the molecule is FC(F)C1CCC(N[C@H]2CCCOC2)CC1. The van der Waals surface area contributed by atoms with Gasteiger partial charge >= 0.3 is 0 Å². The van der Waals surface area contributed by atoms with E-state index in [4.69, 9.17) is 4.74 Å². The van der Waals surface area contributed by atoms with Crippen molar-refractivity contribution < 1.29 is 13.5 Å². The van der Waals surface area contributed by atoms with Gasteiger partial charge in [-0.15, -0.1) is 0 Å². The van der Waals surface area contributed by atoms with Crippen molar-refractivity contribution in [1.82, 2.24) is 5.32 Å². The summed E-state index contributed by atoms with van der Waals surface area (Å²) in [6.07, 6.45) is 3.28. The number of ether oxygens (including phenoxy) is 1. The molecule has 0 aromatic rings. The van der Waals surface area contributed by atoms with E-state index in [1.165, 1.54) is 0 Å². The third kappa shape index (κ3) is 3.39. The molecule has 0 aromatic heterocycles. The minimum atomic E-state index is -2.13. The van der Waals surface area contributed by atoms with Crippen LogP contribution in [0.25, 0.3) is 0 Å². The summed E-state index contributed by atoms with van der Waals surface area (Å²) in [5, 5.41) is 3.55. The van der Waals surface area contributed by atoms with Gasteiger partial charge in [-0.05, 0) is 38.5 Å². The van der Waals surface area contributed by atoms with Crippen LogP contribution in [-0.4, -0.2) is 31.7 Å². The van der Waals surface area contributed by atoms with Crippen molar-refractivity contribution in [1.29, 1.82) is 0 Å². The molecule has 1 atom stereocenters. The molecule has 0 bridgehead atoms. The highest BCUT2D eigenvalue weighted by Gasteiger charge is 2.28. The van der Waals surface area contributed by atoms with Gasteiger partial charge in [-0.2, -0.15) is 0 Å². The molecular formula is C12H21F2NO. The summed E-state index contributed by atoms with van der Waals surface area (Å²) in [6, 6.07) is 0.878. The molecule has 0 radical (unpaired) electrons. The third-order valence-corrected chi connectivity index (χ3v) is 3.76. The van der Waals surface area contributed by atoms with E-state index in [1.807, 2.05) is 0 Å². The van der Waals surface area contributed by atoms with Crippen LogP contribution in [0.2, 0.25) is 0 Å². The fraction of sp³-hybridized carbons (Fsp3) is 1.00. The van der Waals surface area contributed by atoms with E-state index < -0.39 is 6.43 Å². The van der Waals surface area contributed by atoms with Gasteiger partial charge in [-0.25, -0.2) is 8.78 Å². The predicted molar refractivity (Wildman–Crippen MR) is 58.7 cm³/mol. The molecule has 0 spiro atoms. The molecule has 1 aliphatic heterocycles. The molecular weight excluding hydrogens is 212 g/mol. The number of halogens is 2. The summed E-state index contributed by atoms with van der Waals surface area (Å²) in [4.78, 5) is 0. The van der Waals surface area contributed by atoms with Crippen LogP contribution in [0.3, 0.4) is 0 Å². The summed E-state index contributed by atoms with van der Waals surface area (Å²) in [6.45, 7) is 1.66. The van der Waals surface area contributed by atoms with E-state index in [1.54, 1.807) is 0 Å². The monoisotopic (exact) mass is 233 g/mol. The Morgan fingerprint density at radius 1 is 1.00 bits per heavy atom. The smallest absolute Gasteiger partial charge is 0.241 e. The standard InChI is InChI=1S/C12H21F2NO/c13-12(14)9-3-5-10(6-4-9)15-11-2-1-7-16-8-11/h9-12,15H,1-8H2/t9?,10?,11-/m0/s1. The molecule has 2 fully saturated rings. The van der Waals surface area contributed by atoms with E-state index in [0.717, 1.165) is 38.9 Å². The predicted octanol–water partition coefficient (Wildman–Crippen LogP) is 2.58. The van der Waals surface area contributed by atoms with Crippen molar-refractivity contribution in [3.63, 3.8) is 0 Å². The molecule has 1 heterocycles. The zero-order valence-electron chi connectivity index (χ0n) is 9.63. The second-order valence-electron chi connectivity index (χ2n) is 5.03. The first kappa shape index (κ1) is 12.2. The molecule has 4 heteroatoms. The topological polar surface area (TPSA) is 21.3 Å². The van der Waals surface area contributed by atoms with Gasteiger partial charge in [0.15, 0.2) is 0 Å². The number of nitrogens with one attached hydrogen (secondary N) is 1. The van der Waals surface area contributed by atoms with Crippen LogP contribution in [0.4, 0.5) is 8.78 Å². The Hall–Kier alpha value is -0.220. The molecule has 0 amide bonds. The second kappa shape index (κ2) is 5.92. The normalized spacial score (nSPS) is 36.6. The first-order valence-electron chi connectivity index (χ1n) is 6.37. The van der Waals surface area contributed by atoms with Gasteiger partial charge in [-0.3, -0.25) is 0 Å². The van der Waals surface area contributed by atoms with Gasteiger partial charge in [0.05, 0.1) is 6.61 Å². The average Bonchev–Trinajstić information content (AvgIpc) is 2.31. The van der Waals surface area contributed by atoms with Gasteiger partial charge < -0.3 is 10.1 Å².